The zero-order valence-corrected chi connectivity index (χ0v) is 12.7. The van der Waals surface area contributed by atoms with Gasteiger partial charge in [0.2, 0.25) is 0 Å². The number of nitrogens with zero attached hydrogens (tertiary/aromatic N) is 2. The lowest BCUT2D eigenvalue weighted by molar-refractivity contribution is 0.0950. The van der Waals surface area contributed by atoms with Gasteiger partial charge < -0.3 is 0 Å². The van der Waals surface area contributed by atoms with Crippen LogP contribution in [0.1, 0.15) is 42.5 Å². The molecule has 1 aromatic heterocycles. The Morgan fingerprint density at radius 1 is 1.09 bits per heavy atom. The van der Waals surface area contributed by atoms with Gasteiger partial charge in [0.15, 0.2) is 0 Å². The van der Waals surface area contributed by atoms with Crippen LogP contribution in [0.2, 0.25) is 0 Å². The molecule has 1 aliphatic rings. The minimum absolute atomic E-state index is 0.164. The standard InChI is InChI=1S/C18H18F2N2O/c19-13-9-10-15(16(20)12-13)18(23)22-11-5-4-8-17(22)21-14-6-2-1-3-7-14/h4-5,8-12,14H,1-3,6-7H2. The molecule has 0 aliphatic heterocycles. The molecule has 0 N–H and O–H groups in total. The van der Waals surface area contributed by atoms with Crippen molar-refractivity contribution in [2.45, 2.75) is 38.1 Å². The average molecular weight is 316 g/mol. The van der Waals surface area contributed by atoms with E-state index in [2.05, 4.69) is 4.99 Å². The molecule has 5 heteroatoms. The Kier molecular flexibility index (Phi) is 4.65. The minimum Gasteiger partial charge on any atom is -0.268 e. The average Bonchev–Trinajstić information content (AvgIpc) is 2.56. The summed E-state index contributed by atoms with van der Waals surface area (Å²) in [5.74, 6) is -2.11. The first-order valence-electron chi connectivity index (χ1n) is 7.86. The molecule has 120 valence electrons. The second kappa shape index (κ2) is 6.86. The summed E-state index contributed by atoms with van der Waals surface area (Å²) >= 11 is 0. The molecular formula is C18H18F2N2O. The number of hydrogen-bond acceptors (Lipinski definition) is 2. The van der Waals surface area contributed by atoms with E-state index in [1.807, 2.05) is 0 Å². The molecule has 0 atom stereocenters. The Balaban J connectivity index is 1.99. The molecule has 1 fully saturated rings. The van der Waals surface area contributed by atoms with Crippen LogP contribution in [-0.2, 0) is 0 Å². The maximum atomic E-state index is 13.9. The van der Waals surface area contributed by atoms with Crippen LogP contribution in [0.4, 0.5) is 8.78 Å². The molecule has 1 aromatic carbocycles. The van der Waals surface area contributed by atoms with Crippen LogP contribution in [-0.4, -0.2) is 16.5 Å². The Morgan fingerprint density at radius 3 is 2.61 bits per heavy atom. The number of aromatic nitrogens is 1. The van der Waals surface area contributed by atoms with Gasteiger partial charge in [-0.1, -0.05) is 25.3 Å². The summed E-state index contributed by atoms with van der Waals surface area (Å²) in [5, 5.41) is 0. The van der Waals surface area contributed by atoms with Crippen LogP contribution < -0.4 is 5.49 Å². The molecule has 1 heterocycles. The Bertz CT molecular complexity index is 777. The lowest BCUT2D eigenvalue weighted by Gasteiger charge is -2.17. The van der Waals surface area contributed by atoms with E-state index in [4.69, 9.17) is 0 Å². The minimum atomic E-state index is -0.866. The van der Waals surface area contributed by atoms with Gasteiger partial charge in [-0.25, -0.2) is 8.78 Å². The quantitative estimate of drug-likeness (QED) is 0.832. The van der Waals surface area contributed by atoms with Crippen molar-refractivity contribution < 1.29 is 13.6 Å². The molecule has 23 heavy (non-hydrogen) atoms. The second-order valence-electron chi connectivity index (χ2n) is 5.78. The molecule has 0 amide bonds. The van der Waals surface area contributed by atoms with Gasteiger partial charge in [-0.15, -0.1) is 0 Å². The van der Waals surface area contributed by atoms with Crippen LogP contribution in [0.3, 0.4) is 0 Å². The van der Waals surface area contributed by atoms with Crippen molar-refractivity contribution in [2.24, 2.45) is 4.99 Å². The fourth-order valence-electron chi connectivity index (χ4n) is 2.90. The van der Waals surface area contributed by atoms with E-state index in [1.165, 1.54) is 11.0 Å². The molecule has 0 bridgehead atoms. The molecule has 1 saturated carbocycles. The highest BCUT2D eigenvalue weighted by Crippen LogP contribution is 2.19. The van der Waals surface area contributed by atoms with Crippen molar-refractivity contribution in [3.8, 4) is 0 Å². The topological polar surface area (TPSA) is 34.4 Å². The van der Waals surface area contributed by atoms with Crippen molar-refractivity contribution in [3.05, 3.63) is 65.3 Å². The highest BCUT2D eigenvalue weighted by atomic mass is 19.1. The van der Waals surface area contributed by atoms with E-state index in [0.717, 1.165) is 37.8 Å². The number of carbonyl (C=O) groups excluding carboxylic acids is 1. The van der Waals surface area contributed by atoms with E-state index in [0.29, 0.717) is 11.6 Å². The molecule has 2 aromatic rings. The Hall–Kier alpha value is -2.30. The van der Waals surface area contributed by atoms with Gasteiger partial charge in [-0.3, -0.25) is 14.4 Å². The summed E-state index contributed by atoms with van der Waals surface area (Å²) in [5.41, 5.74) is 0.343. The monoisotopic (exact) mass is 316 g/mol. The van der Waals surface area contributed by atoms with Gasteiger partial charge >= 0.3 is 0 Å². The number of halogens is 2. The molecule has 3 rings (SSSR count). The van der Waals surface area contributed by atoms with Crippen LogP contribution in [0.25, 0.3) is 0 Å². The fourth-order valence-corrected chi connectivity index (χ4v) is 2.90. The predicted octanol–water partition coefficient (Wildman–Crippen LogP) is 3.69. The molecule has 3 nitrogen and oxygen atoms in total. The summed E-state index contributed by atoms with van der Waals surface area (Å²) in [4.78, 5) is 17.2. The van der Waals surface area contributed by atoms with E-state index < -0.39 is 17.5 Å². The highest BCUT2D eigenvalue weighted by Gasteiger charge is 2.16. The summed E-state index contributed by atoms with van der Waals surface area (Å²) in [6.07, 6.45) is 7.08. The highest BCUT2D eigenvalue weighted by molar-refractivity contribution is 5.96. The number of pyridine rings is 1. The summed E-state index contributed by atoms with van der Waals surface area (Å²) in [6, 6.07) is 8.40. The fraction of sp³-hybridized carbons (Fsp3) is 0.333. The lowest BCUT2D eigenvalue weighted by Crippen LogP contribution is -2.29. The van der Waals surface area contributed by atoms with Crippen molar-refractivity contribution >= 4 is 5.91 Å². The van der Waals surface area contributed by atoms with E-state index in [1.54, 1.807) is 24.4 Å². The smallest absolute Gasteiger partial charge is 0.266 e. The number of carbonyl (C=O) groups is 1. The molecule has 0 saturated heterocycles. The number of hydrogen-bond donors (Lipinski definition) is 0. The molecular weight excluding hydrogens is 298 g/mol. The summed E-state index contributed by atoms with van der Waals surface area (Å²) in [7, 11) is 0. The predicted molar refractivity (Wildman–Crippen MR) is 83.0 cm³/mol. The molecule has 1 aliphatic carbocycles. The number of rotatable bonds is 2. The van der Waals surface area contributed by atoms with Gasteiger partial charge in [-0.2, -0.15) is 0 Å². The Morgan fingerprint density at radius 2 is 1.87 bits per heavy atom. The largest absolute Gasteiger partial charge is 0.268 e. The first-order valence-corrected chi connectivity index (χ1v) is 7.86. The van der Waals surface area contributed by atoms with Crippen molar-refractivity contribution in [1.82, 2.24) is 4.57 Å². The first kappa shape index (κ1) is 15.6. The van der Waals surface area contributed by atoms with Gasteiger partial charge in [-0.05, 0) is 37.1 Å². The SMILES string of the molecule is O=C(c1ccc(F)cc1F)n1ccccc1=NC1CCCCC1. The maximum absolute atomic E-state index is 13.9. The van der Waals surface area contributed by atoms with Crippen LogP contribution in [0, 0.1) is 11.6 Å². The van der Waals surface area contributed by atoms with Crippen LogP contribution in [0.5, 0.6) is 0 Å². The summed E-state index contributed by atoms with van der Waals surface area (Å²) < 4.78 is 28.2. The van der Waals surface area contributed by atoms with E-state index >= 15 is 0 Å². The van der Waals surface area contributed by atoms with Gasteiger partial charge in [0.05, 0.1) is 11.6 Å². The van der Waals surface area contributed by atoms with E-state index in [-0.39, 0.29) is 11.6 Å². The van der Waals surface area contributed by atoms with Crippen LogP contribution >= 0.6 is 0 Å². The van der Waals surface area contributed by atoms with Crippen molar-refractivity contribution in [3.63, 3.8) is 0 Å². The summed E-state index contributed by atoms with van der Waals surface area (Å²) in [6.45, 7) is 0. The van der Waals surface area contributed by atoms with E-state index in [9.17, 15) is 13.6 Å². The normalized spacial score (nSPS) is 16.5. The zero-order chi connectivity index (χ0) is 16.2. The molecule has 0 radical (unpaired) electrons. The third-order valence-corrected chi connectivity index (χ3v) is 4.11. The van der Waals surface area contributed by atoms with Crippen molar-refractivity contribution in [2.75, 3.05) is 0 Å². The van der Waals surface area contributed by atoms with Crippen LogP contribution in [0.15, 0.2) is 47.6 Å². The second-order valence-corrected chi connectivity index (χ2v) is 5.78. The first-order chi connectivity index (χ1) is 11.1. The lowest BCUT2D eigenvalue weighted by atomic mass is 9.96. The van der Waals surface area contributed by atoms with Gasteiger partial charge in [0.25, 0.3) is 5.91 Å². The number of benzene rings is 1. The van der Waals surface area contributed by atoms with Crippen molar-refractivity contribution in [1.29, 1.82) is 0 Å². The third kappa shape index (κ3) is 3.55. The molecule has 0 unspecified atom stereocenters. The maximum Gasteiger partial charge on any atom is 0.266 e. The Labute approximate surface area is 133 Å². The van der Waals surface area contributed by atoms with Gasteiger partial charge in [0, 0.05) is 12.3 Å². The molecule has 0 spiro atoms. The zero-order valence-electron chi connectivity index (χ0n) is 12.7. The third-order valence-electron chi connectivity index (χ3n) is 4.11. The van der Waals surface area contributed by atoms with Gasteiger partial charge in [0.1, 0.15) is 17.1 Å².